The number of aryl methyl sites for hydroxylation is 1. The largest absolute Gasteiger partial charge is 0.497 e. The van der Waals surface area contributed by atoms with Crippen LogP contribution in [0.4, 0.5) is 11.8 Å². The van der Waals surface area contributed by atoms with Crippen molar-refractivity contribution in [1.82, 2.24) is 14.9 Å². The topological polar surface area (TPSA) is 62.3 Å². The molecule has 0 unspecified atom stereocenters. The van der Waals surface area contributed by atoms with Gasteiger partial charge >= 0.3 is 0 Å². The van der Waals surface area contributed by atoms with Gasteiger partial charge in [-0.05, 0) is 58.1 Å². The summed E-state index contributed by atoms with van der Waals surface area (Å²) in [5.74, 6) is 2.43. The molecule has 0 bridgehead atoms. The predicted molar refractivity (Wildman–Crippen MR) is 104 cm³/mol. The fourth-order valence-electron chi connectivity index (χ4n) is 2.46. The molecule has 1 aromatic carbocycles. The van der Waals surface area contributed by atoms with E-state index in [0.717, 1.165) is 49.7 Å². The van der Waals surface area contributed by atoms with Gasteiger partial charge in [0.15, 0.2) is 0 Å². The van der Waals surface area contributed by atoms with E-state index in [9.17, 15) is 0 Å². The van der Waals surface area contributed by atoms with Gasteiger partial charge in [-0.3, -0.25) is 0 Å². The van der Waals surface area contributed by atoms with E-state index in [4.69, 9.17) is 4.74 Å². The van der Waals surface area contributed by atoms with Crippen molar-refractivity contribution in [2.75, 3.05) is 51.5 Å². The lowest BCUT2D eigenvalue weighted by Gasteiger charge is -2.12. The highest BCUT2D eigenvalue weighted by molar-refractivity contribution is 5.42. The monoisotopic (exact) mass is 343 g/mol. The number of ether oxygens (including phenoxy) is 1. The van der Waals surface area contributed by atoms with Gasteiger partial charge < -0.3 is 20.3 Å². The van der Waals surface area contributed by atoms with Crippen LogP contribution >= 0.6 is 0 Å². The molecule has 0 aliphatic carbocycles. The quantitative estimate of drug-likeness (QED) is 0.647. The average molecular weight is 343 g/mol. The minimum Gasteiger partial charge on any atom is -0.497 e. The standard InChI is InChI=1S/C19H29N5O/c1-15-14-18(23-19(22-15)21-11-5-13-24(2)3)20-12-10-16-6-8-17(25-4)9-7-16/h6-9,14H,5,10-13H2,1-4H3,(H2,20,21,22,23). The first-order valence-corrected chi connectivity index (χ1v) is 8.68. The Morgan fingerprint density at radius 2 is 1.80 bits per heavy atom. The number of nitrogens with zero attached hydrogens (tertiary/aromatic N) is 3. The van der Waals surface area contributed by atoms with E-state index < -0.39 is 0 Å². The van der Waals surface area contributed by atoms with Crippen molar-refractivity contribution in [1.29, 1.82) is 0 Å². The fourth-order valence-corrected chi connectivity index (χ4v) is 2.46. The predicted octanol–water partition coefficient (Wildman–Crippen LogP) is 2.81. The van der Waals surface area contributed by atoms with Gasteiger partial charge in [-0.1, -0.05) is 12.1 Å². The normalized spacial score (nSPS) is 10.8. The Morgan fingerprint density at radius 1 is 1.04 bits per heavy atom. The molecule has 0 fully saturated rings. The summed E-state index contributed by atoms with van der Waals surface area (Å²) in [5, 5.41) is 6.68. The number of benzene rings is 1. The van der Waals surface area contributed by atoms with Crippen molar-refractivity contribution in [2.24, 2.45) is 0 Å². The molecule has 6 heteroatoms. The first-order valence-electron chi connectivity index (χ1n) is 8.68. The van der Waals surface area contributed by atoms with E-state index >= 15 is 0 Å². The van der Waals surface area contributed by atoms with Gasteiger partial charge in [0.2, 0.25) is 5.95 Å². The molecule has 0 saturated carbocycles. The second kappa shape index (κ2) is 9.84. The molecule has 0 amide bonds. The molecule has 25 heavy (non-hydrogen) atoms. The van der Waals surface area contributed by atoms with Crippen LogP contribution in [-0.2, 0) is 6.42 Å². The van der Waals surface area contributed by atoms with Crippen molar-refractivity contribution in [3.05, 3.63) is 41.6 Å². The van der Waals surface area contributed by atoms with Gasteiger partial charge in [-0.15, -0.1) is 0 Å². The molecule has 0 saturated heterocycles. The number of methoxy groups -OCH3 is 1. The maximum Gasteiger partial charge on any atom is 0.224 e. The summed E-state index contributed by atoms with van der Waals surface area (Å²) in [5.41, 5.74) is 2.22. The summed E-state index contributed by atoms with van der Waals surface area (Å²) in [6.45, 7) is 4.73. The average Bonchev–Trinajstić information content (AvgIpc) is 2.59. The highest BCUT2D eigenvalue weighted by atomic mass is 16.5. The van der Waals surface area contributed by atoms with E-state index in [2.05, 4.69) is 51.7 Å². The molecular formula is C19H29N5O. The highest BCUT2D eigenvalue weighted by Gasteiger charge is 2.02. The fraction of sp³-hybridized carbons (Fsp3) is 0.474. The number of aromatic nitrogens is 2. The van der Waals surface area contributed by atoms with Crippen LogP contribution in [0.25, 0.3) is 0 Å². The summed E-state index contributed by atoms with van der Waals surface area (Å²) in [4.78, 5) is 11.2. The van der Waals surface area contributed by atoms with Crippen molar-refractivity contribution >= 4 is 11.8 Å². The van der Waals surface area contributed by atoms with Crippen LogP contribution in [-0.4, -0.2) is 55.7 Å². The summed E-state index contributed by atoms with van der Waals surface area (Å²) in [6, 6.07) is 10.1. The first kappa shape index (κ1) is 19.0. The van der Waals surface area contributed by atoms with Crippen LogP contribution in [0.15, 0.2) is 30.3 Å². The first-order chi connectivity index (χ1) is 12.1. The van der Waals surface area contributed by atoms with Crippen LogP contribution in [0.5, 0.6) is 5.75 Å². The van der Waals surface area contributed by atoms with E-state index in [0.29, 0.717) is 5.95 Å². The lowest BCUT2D eigenvalue weighted by atomic mass is 10.1. The second-order valence-electron chi connectivity index (χ2n) is 6.33. The summed E-state index contributed by atoms with van der Waals surface area (Å²) in [6.07, 6.45) is 1.99. The molecule has 2 rings (SSSR count). The molecule has 0 atom stereocenters. The van der Waals surface area contributed by atoms with Gasteiger partial charge in [0.1, 0.15) is 11.6 Å². The molecule has 0 aliphatic rings. The van der Waals surface area contributed by atoms with Crippen molar-refractivity contribution in [3.8, 4) is 5.75 Å². The maximum absolute atomic E-state index is 5.18. The van der Waals surface area contributed by atoms with Gasteiger partial charge in [0.25, 0.3) is 0 Å². The Morgan fingerprint density at radius 3 is 2.48 bits per heavy atom. The van der Waals surface area contributed by atoms with E-state index in [1.165, 1.54) is 5.56 Å². The molecule has 1 aromatic heterocycles. The van der Waals surface area contributed by atoms with Gasteiger partial charge in [-0.2, -0.15) is 4.98 Å². The smallest absolute Gasteiger partial charge is 0.224 e. The minimum atomic E-state index is 0.686. The maximum atomic E-state index is 5.18. The van der Waals surface area contributed by atoms with Crippen LogP contribution in [0, 0.1) is 6.92 Å². The van der Waals surface area contributed by atoms with Crippen LogP contribution < -0.4 is 15.4 Å². The van der Waals surface area contributed by atoms with Gasteiger partial charge in [0, 0.05) is 24.8 Å². The molecule has 2 N–H and O–H groups in total. The SMILES string of the molecule is COc1ccc(CCNc2cc(C)nc(NCCCN(C)C)n2)cc1. The minimum absolute atomic E-state index is 0.686. The molecule has 0 spiro atoms. The Hall–Kier alpha value is -2.34. The van der Waals surface area contributed by atoms with Gasteiger partial charge in [0.05, 0.1) is 7.11 Å². The van der Waals surface area contributed by atoms with Crippen molar-refractivity contribution in [3.63, 3.8) is 0 Å². The Labute approximate surface area is 150 Å². The summed E-state index contributed by atoms with van der Waals surface area (Å²) in [7, 11) is 5.84. The zero-order valence-corrected chi connectivity index (χ0v) is 15.7. The van der Waals surface area contributed by atoms with E-state index in [1.54, 1.807) is 7.11 Å². The lowest BCUT2D eigenvalue weighted by Crippen LogP contribution is -2.17. The molecule has 0 aliphatic heterocycles. The number of nitrogens with one attached hydrogen (secondary N) is 2. The van der Waals surface area contributed by atoms with Gasteiger partial charge in [-0.25, -0.2) is 4.98 Å². The van der Waals surface area contributed by atoms with Crippen LogP contribution in [0.1, 0.15) is 17.7 Å². The highest BCUT2D eigenvalue weighted by Crippen LogP contribution is 2.13. The molecule has 1 heterocycles. The van der Waals surface area contributed by atoms with E-state index in [1.807, 2.05) is 25.1 Å². The molecule has 136 valence electrons. The molecule has 0 radical (unpaired) electrons. The Balaban J connectivity index is 1.82. The van der Waals surface area contributed by atoms with Crippen molar-refractivity contribution < 1.29 is 4.74 Å². The zero-order chi connectivity index (χ0) is 18.1. The zero-order valence-electron chi connectivity index (χ0n) is 15.7. The third kappa shape index (κ3) is 6.97. The summed E-state index contributed by atoms with van der Waals surface area (Å²) < 4.78 is 5.18. The van der Waals surface area contributed by atoms with Crippen LogP contribution in [0.3, 0.4) is 0 Å². The summed E-state index contributed by atoms with van der Waals surface area (Å²) >= 11 is 0. The molecule has 2 aromatic rings. The molecule has 6 nitrogen and oxygen atoms in total. The number of anilines is 2. The number of rotatable bonds is 10. The Kier molecular flexibility index (Phi) is 7.47. The molecular weight excluding hydrogens is 314 g/mol. The third-order valence-electron chi connectivity index (χ3n) is 3.80. The Bertz CT molecular complexity index is 643. The van der Waals surface area contributed by atoms with E-state index in [-0.39, 0.29) is 0 Å². The third-order valence-corrected chi connectivity index (χ3v) is 3.80. The number of hydrogen-bond acceptors (Lipinski definition) is 6. The second-order valence-corrected chi connectivity index (χ2v) is 6.33. The van der Waals surface area contributed by atoms with Crippen molar-refractivity contribution in [2.45, 2.75) is 19.8 Å². The number of hydrogen-bond donors (Lipinski definition) is 2. The van der Waals surface area contributed by atoms with Crippen LogP contribution in [0.2, 0.25) is 0 Å². The lowest BCUT2D eigenvalue weighted by molar-refractivity contribution is 0.405.